The Morgan fingerprint density at radius 1 is 1.05 bits per heavy atom. The summed E-state index contributed by atoms with van der Waals surface area (Å²) in [6.07, 6.45) is 0. The van der Waals surface area contributed by atoms with Gasteiger partial charge in [0, 0.05) is 0 Å². The van der Waals surface area contributed by atoms with Crippen LogP contribution in [0.4, 0.5) is 15.8 Å². The topological polar surface area (TPSA) is 59.6 Å². The van der Waals surface area contributed by atoms with Gasteiger partial charge in [0.05, 0.1) is 16.9 Å². The van der Waals surface area contributed by atoms with Gasteiger partial charge in [-0.3, -0.25) is 0 Å². The van der Waals surface area contributed by atoms with Gasteiger partial charge < -0.3 is 5.32 Å². The van der Waals surface area contributed by atoms with Crippen molar-refractivity contribution in [3.63, 3.8) is 0 Å². The van der Waals surface area contributed by atoms with Gasteiger partial charge in [0.1, 0.15) is 23.5 Å². The first-order chi connectivity index (χ1) is 9.15. The summed E-state index contributed by atoms with van der Waals surface area (Å²) in [5.41, 5.74) is 2.26. The third-order valence-corrected chi connectivity index (χ3v) is 2.69. The smallest absolute Gasteiger partial charge is 0.143 e. The molecule has 19 heavy (non-hydrogen) atoms. The van der Waals surface area contributed by atoms with Crippen molar-refractivity contribution in [3.05, 3.63) is 58.9 Å². The summed E-state index contributed by atoms with van der Waals surface area (Å²) >= 11 is 0. The zero-order valence-corrected chi connectivity index (χ0v) is 10.2. The first-order valence-electron chi connectivity index (χ1n) is 5.62. The van der Waals surface area contributed by atoms with E-state index in [2.05, 4.69) is 11.4 Å². The summed E-state index contributed by atoms with van der Waals surface area (Å²) in [7, 11) is 0. The summed E-state index contributed by atoms with van der Waals surface area (Å²) in [6.45, 7) is 1.89. The summed E-state index contributed by atoms with van der Waals surface area (Å²) < 4.78 is 13.5. The van der Waals surface area contributed by atoms with Crippen LogP contribution in [-0.4, -0.2) is 0 Å². The quantitative estimate of drug-likeness (QED) is 0.886. The largest absolute Gasteiger partial charge is 0.353 e. The van der Waals surface area contributed by atoms with E-state index in [0.29, 0.717) is 16.9 Å². The SMILES string of the molecule is Cc1ccc(C#N)c(Nc2cccc(F)c2C#N)c1. The molecule has 2 rings (SSSR count). The lowest BCUT2D eigenvalue weighted by Crippen LogP contribution is -1.98. The van der Waals surface area contributed by atoms with Gasteiger partial charge in [-0.15, -0.1) is 0 Å². The van der Waals surface area contributed by atoms with Crippen LogP contribution in [0.25, 0.3) is 0 Å². The molecule has 0 heterocycles. The number of nitriles is 2. The van der Waals surface area contributed by atoms with Crippen molar-refractivity contribution in [3.8, 4) is 12.1 Å². The average molecular weight is 251 g/mol. The minimum Gasteiger partial charge on any atom is -0.353 e. The lowest BCUT2D eigenvalue weighted by molar-refractivity contribution is 0.624. The van der Waals surface area contributed by atoms with Crippen molar-refractivity contribution in [1.82, 2.24) is 0 Å². The third-order valence-electron chi connectivity index (χ3n) is 2.69. The van der Waals surface area contributed by atoms with Crippen molar-refractivity contribution in [2.24, 2.45) is 0 Å². The summed E-state index contributed by atoms with van der Waals surface area (Å²) in [6, 6.07) is 13.5. The molecule has 3 nitrogen and oxygen atoms in total. The number of aryl methyl sites for hydroxylation is 1. The van der Waals surface area contributed by atoms with E-state index >= 15 is 0 Å². The van der Waals surface area contributed by atoms with Crippen LogP contribution in [-0.2, 0) is 0 Å². The van der Waals surface area contributed by atoms with Crippen LogP contribution in [0, 0.1) is 35.4 Å². The molecule has 2 aromatic carbocycles. The summed E-state index contributed by atoms with van der Waals surface area (Å²) in [5.74, 6) is -0.585. The Labute approximate surface area is 110 Å². The number of nitrogens with one attached hydrogen (secondary N) is 1. The van der Waals surface area contributed by atoms with Crippen LogP contribution >= 0.6 is 0 Å². The van der Waals surface area contributed by atoms with Gasteiger partial charge in [-0.05, 0) is 36.8 Å². The molecule has 0 fully saturated rings. The molecule has 0 saturated carbocycles. The molecule has 0 saturated heterocycles. The molecule has 0 atom stereocenters. The maximum Gasteiger partial charge on any atom is 0.143 e. The predicted molar refractivity (Wildman–Crippen MR) is 70.3 cm³/mol. The van der Waals surface area contributed by atoms with Gasteiger partial charge in [0.15, 0.2) is 0 Å². The van der Waals surface area contributed by atoms with Crippen molar-refractivity contribution >= 4 is 11.4 Å². The summed E-state index contributed by atoms with van der Waals surface area (Å²) in [4.78, 5) is 0. The molecule has 0 aliphatic rings. The standard InChI is InChI=1S/C15H10FN3/c1-10-5-6-11(8-17)15(7-10)19-14-4-2-3-13(16)12(14)9-18/h2-7,19H,1H3. The fraction of sp³-hybridized carbons (Fsp3) is 0.0667. The Morgan fingerprint density at radius 2 is 1.84 bits per heavy atom. The van der Waals surface area contributed by atoms with E-state index in [0.717, 1.165) is 5.56 Å². The van der Waals surface area contributed by atoms with Crippen LogP contribution in [0.3, 0.4) is 0 Å². The fourth-order valence-corrected chi connectivity index (χ4v) is 1.75. The van der Waals surface area contributed by atoms with Gasteiger partial charge in [0.2, 0.25) is 0 Å². The van der Waals surface area contributed by atoms with Crippen molar-refractivity contribution in [2.45, 2.75) is 6.92 Å². The number of benzene rings is 2. The highest BCUT2D eigenvalue weighted by molar-refractivity contribution is 5.71. The van der Waals surface area contributed by atoms with E-state index in [1.807, 2.05) is 19.1 Å². The molecule has 0 radical (unpaired) electrons. The van der Waals surface area contributed by atoms with Gasteiger partial charge in [0.25, 0.3) is 0 Å². The van der Waals surface area contributed by atoms with Crippen molar-refractivity contribution < 1.29 is 4.39 Å². The fourth-order valence-electron chi connectivity index (χ4n) is 1.75. The Bertz CT molecular complexity index is 708. The Balaban J connectivity index is 2.49. The number of hydrogen-bond donors (Lipinski definition) is 1. The molecule has 2 aromatic rings. The lowest BCUT2D eigenvalue weighted by Gasteiger charge is -2.10. The van der Waals surface area contributed by atoms with E-state index in [9.17, 15) is 4.39 Å². The molecule has 0 unspecified atom stereocenters. The van der Waals surface area contributed by atoms with Crippen molar-refractivity contribution in [2.75, 3.05) is 5.32 Å². The molecule has 4 heteroatoms. The molecule has 0 amide bonds. The van der Waals surface area contributed by atoms with Gasteiger partial charge in [-0.25, -0.2) is 4.39 Å². The Hall–Kier alpha value is -2.85. The van der Waals surface area contributed by atoms with Crippen LogP contribution in [0.5, 0.6) is 0 Å². The molecule has 0 spiro atoms. The van der Waals surface area contributed by atoms with Crippen LogP contribution in [0.2, 0.25) is 0 Å². The van der Waals surface area contributed by atoms with E-state index in [-0.39, 0.29) is 5.56 Å². The van der Waals surface area contributed by atoms with Gasteiger partial charge >= 0.3 is 0 Å². The molecule has 92 valence electrons. The highest BCUT2D eigenvalue weighted by Crippen LogP contribution is 2.25. The monoisotopic (exact) mass is 251 g/mol. The van der Waals surface area contributed by atoms with Crippen LogP contribution in [0.1, 0.15) is 16.7 Å². The molecule has 0 aliphatic heterocycles. The normalized spacial score (nSPS) is 9.47. The number of halogens is 1. The van der Waals surface area contributed by atoms with Gasteiger partial charge in [-0.2, -0.15) is 10.5 Å². The molecule has 0 bridgehead atoms. The zero-order valence-electron chi connectivity index (χ0n) is 10.2. The maximum atomic E-state index is 13.5. The van der Waals surface area contributed by atoms with Gasteiger partial charge in [-0.1, -0.05) is 12.1 Å². The maximum absolute atomic E-state index is 13.5. The van der Waals surface area contributed by atoms with E-state index in [1.54, 1.807) is 18.2 Å². The number of rotatable bonds is 2. The molecule has 0 aliphatic carbocycles. The minimum absolute atomic E-state index is 0.0621. The molecule has 0 aromatic heterocycles. The second-order valence-corrected chi connectivity index (χ2v) is 4.06. The van der Waals surface area contributed by atoms with Crippen molar-refractivity contribution in [1.29, 1.82) is 10.5 Å². The minimum atomic E-state index is -0.585. The highest BCUT2D eigenvalue weighted by atomic mass is 19.1. The molecular formula is C15H10FN3. The van der Waals surface area contributed by atoms with E-state index in [1.165, 1.54) is 12.1 Å². The predicted octanol–water partition coefficient (Wildman–Crippen LogP) is 3.62. The average Bonchev–Trinajstić information content (AvgIpc) is 2.39. The third kappa shape index (κ3) is 2.53. The lowest BCUT2D eigenvalue weighted by atomic mass is 10.1. The number of nitrogens with zero attached hydrogens (tertiary/aromatic N) is 2. The number of anilines is 2. The highest BCUT2D eigenvalue weighted by Gasteiger charge is 2.09. The van der Waals surface area contributed by atoms with E-state index in [4.69, 9.17) is 10.5 Å². The first kappa shape index (κ1) is 12.6. The van der Waals surface area contributed by atoms with Crippen LogP contribution < -0.4 is 5.32 Å². The second kappa shape index (κ2) is 5.20. The first-order valence-corrected chi connectivity index (χ1v) is 5.62. The Kier molecular flexibility index (Phi) is 3.45. The zero-order chi connectivity index (χ0) is 13.8. The summed E-state index contributed by atoms with van der Waals surface area (Å²) in [5, 5.41) is 20.9. The van der Waals surface area contributed by atoms with Crippen LogP contribution in [0.15, 0.2) is 36.4 Å². The molecule has 1 N–H and O–H groups in total. The van der Waals surface area contributed by atoms with E-state index < -0.39 is 5.82 Å². The second-order valence-electron chi connectivity index (χ2n) is 4.06. The Morgan fingerprint density at radius 3 is 2.53 bits per heavy atom. The molecular weight excluding hydrogens is 241 g/mol. The number of hydrogen-bond acceptors (Lipinski definition) is 3.